The molecule has 2 aliphatic heterocycles. The van der Waals surface area contributed by atoms with Crippen molar-refractivity contribution in [3.8, 4) is 0 Å². The molecular weight excluding hydrogens is 422 g/mol. The molecule has 0 N–H and O–H groups in total. The molecule has 0 aromatic heterocycles. The topological polar surface area (TPSA) is 34.0 Å². The van der Waals surface area contributed by atoms with Crippen molar-refractivity contribution in [2.75, 3.05) is 6.61 Å². The maximum Gasteiger partial charge on any atom is 0.422 e. The molecule has 0 aliphatic carbocycles. The van der Waals surface area contributed by atoms with Crippen LogP contribution in [0.1, 0.15) is 28.7 Å². The first-order chi connectivity index (χ1) is 14.6. The van der Waals surface area contributed by atoms with Crippen molar-refractivity contribution in [1.29, 1.82) is 0 Å². The van der Waals surface area contributed by atoms with Gasteiger partial charge in [0.05, 0.1) is 6.61 Å². The molecule has 3 nitrogen and oxygen atoms in total. The van der Waals surface area contributed by atoms with Crippen LogP contribution in [0.2, 0.25) is 0 Å². The molecule has 4 rings (SSSR count). The molecular formula is C22H18F6N2O. The maximum absolute atomic E-state index is 13.0. The van der Waals surface area contributed by atoms with Crippen LogP contribution >= 0.6 is 0 Å². The second-order valence-corrected chi connectivity index (χ2v) is 7.59. The lowest BCUT2D eigenvalue weighted by atomic mass is 9.95. The highest BCUT2D eigenvalue weighted by Crippen LogP contribution is 2.48. The lowest BCUT2D eigenvalue weighted by Crippen LogP contribution is -2.31. The molecule has 31 heavy (non-hydrogen) atoms. The van der Waals surface area contributed by atoms with E-state index in [0.29, 0.717) is 19.4 Å². The lowest BCUT2D eigenvalue weighted by Gasteiger charge is -2.18. The van der Waals surface area contributed by atoms with Crippen LogP contribution in [0.15, 0.2) is 58.5 Å². The quantitative estimate of drug-likeness (QED) is 0.393. The molecule has 0 amide bonds. The molecule has 0 bridgehead atoms. The van der Waals surface area contributed by atoms with Gasteiger partial charge >= 0.3 is 12.4 Å². The Hall–Kier alpha value is -2.68. The van der Waals surface area contributed by atoms with Gasteiger partial charge in [0.15, 0.2) is 0 Å². The molecule has 2 aliphatic rings. The summed E-state index contributed by atoms with van der Waals surface area (Å²) in [7, 11) is 0. The zero-order valence-electron chi connectivity index (χ0n) is 16.2. The summed E-state index contributed by atoms with van der Waals surface area (Å²) in [6, 6.07) is 12.2. The van der Waals surface area contributed by atoms with E-state index < -0.39 is 23.4 Å². The molecule has 2 unspecified atom stereocenters. The van der Waals surface area contributed by atoms with Gasteiger partial charge < -0.3 is 4.74 Å². The Morgan fingerprint density at radius 2 is 1.10 bits per heavy atom. The van der Waals surface area contributed by atoms with Crippen LogP contribution in [0, 0.1) is 0 Å². The largest absolute Gasteiger partial charge is 0.422 e. The Bertz CT molecular complexity index is 897. The number of ether oxygens (including phenoxy) is 1. The van der Waals surface area contributed by atoms with E-state index in [-0.39, 0.29) is 17.7 Å². The highest BCUT2D eigenvalue weighted by molar-refractivity contribution is 5.88. The Morgan fingerprint density at radius 3 is 1.48 bits per heavy atom. The smallest absolute Gasteiger partial charge is 0.377 e. The van der Waals surface area contributed by atoms with Crippen LogP contribution in [0.25, 0.3) is 0 Å². The minimum absolute atomic E-state index is 0.0797. The second kappa shape index (κ2) is 7.47. The van der Waals surface area contributed by atoms with Crippen LogP contribution in [0.5, 0.6) is 0 Å². The second-order valence-electron chi connectivity index (χ2n) is 7.59. The van der Waals surface area contributed by atoms with Crippen molar-refractivity contribution >= 4 is 12.4 Å². The van der Waals surface area contributed by atoms with E-state index in [2.05, 4.69) is 9.98 Å². The van der Waals surface area contributed by atoms with E-state index in [9.17, 15) is 26.3 Å². The van der Waals surface area contributed by atoms with Gasteiger partial charge in [0, 0.05) is 19.0 Å². The summed E-state index contributed by atoms with van der Waals surface area (Å²) in [5.74, 6) is 0. The molecule has 2 aromatic rings. The van der Waals surface area contributed by atoms with Crippen LogP contribution in [0.4, 0.5) is 26.3 Å². The summed E-state index contributed by atoms with van der Waals surface area (Å²) in [5, 5.41) is 0. The zero-order chi connectivity index (χ0) is 22.3. The number of benzene rings is 2. The van der Waals surface area contributed by atoms with Crippen molar-refractivity contribution < 1.29 is 31.1 Å². The molecule has 2 atom stereocenters. The van der Waals surface area contributed by atoms with Crippen molar-refractivity contribution in [1.82, 2.24) is 0 Å². The van der Waals surface area contributed by atoms with Crippen LogP contribution in [0.3, 0.4) is 0 Å². The third-order valence-corrected chi connectivity index (χ3v) is 5.45. The molecule has 2 heterocycles. The molecule has 9 heteroatoms. The summed E-state index contributed by atoms with van der Waals surface area (Å²) in [6.07, 6.45) is -5.79. The van der Waals surface area contributed by atoms with Gasteiger partial charge in [-0.3, -0.25) is 9.98 Å². The van der Waals surface area contributed by atoms with Gasteiger partial charge in [0.25, 0.3) is 0 Å². The summed E-state index contributed by atoms with van der Waals surface area (Å²) in [6.45, 7) is 0.666. The molecule has 2 aromatic carbocycles. The number of halogens is 6. The van der Waals surface area contributed by atoms with Crippen molar-refractivity contribution in [3.63, 3.8) is 0 Å². The van der Waals surface area contributed by atoms with Gasteiger partial charge in [0.2, 0.25) is 11.1 Å². The molecule has 0 fully saturated rings. The summed E-state index contributed by atoms with van der Waals surface area (Å²) < 4.78 is 83.8. The monoisotopic (exact) mass is 440 g/mol. The number of rotatable bonds is 8. The number of hydrogen-bond donors (Lipinski definition) is 0. The Morgan fingerprint density at radius 1 is 0.677 bits per heavy atom. The zero-order valence-corrected chi connectivity index (χ0v) is 16.2. The molecule has 0 spiro atoms. The van der Waals surface area contributed by atoms with Crippen LogP contribution in [-0.2, 0) is 28.8 Å². The summed E-state index contributed by atoms with van der Waals surface area (Å²) in [4.78, 5) is 6.83. The van der Waals surface area contributed by atoms with Crippen molar-refractivity contribution in [2.45, 2.75) is 42.9 Å². The van der Waals surface area contributed by atoms with E-state index in [1.54, 1.807) is 24.3 Å². The number of hydrogen-bond acceptors (Lipinski definition) is 3. The van der Waals surface area contributed by atoms with Gasteiger partial charge in [-0.25, -0.2) is 0 Å². The van der Waals surface area contributed by atoms with E-state index >= 15 is 0 Å². The third kappa shape index (κ3) is 4.11. The van der Waals surface area contributed by atoms with E-state index in [0.717, 1.165) is 23.6 Å². The fourth-order valence-corrected chi connectivity index (χ4v) is 3.40. The maximum atomic E-state index is 13.0. The molecule has 164 valence electrons. The standard InChI is InChI=1S/C22H18F6N2O/c23-21(24,25)19(13-29-19)17-7-3-15(4-8-17)2-1-11-31-12-16-5-9-18(10-6-16)20(14-30-20)22(26,27)28/h3-10,13-14H,1-2,11-12H2. The fraction of sp³-hybridized carbons (Fsp3) is 0.364. The lowest BCUT2D eigenvalue weighted by molar-refractivity contribution is -0.156. The van der Waals surface area contributed by atoms with Gasteiger partial charge in [-0.2, -0.15) is 26.3 Å². The van der Waals surface area contributed by atoms with Crippen molar-refractivity contribution in [2.24, 2.45) is 9.98 Å². The van der Waals surface area contributed by atoms with E-state index in [1.807, 2.05) is 0 Å². The van der Waals surface area contributed by atoms with Gasteiger partial charge in [-0.1, -0.05) is 48.5 Å². The Kier molecular flexibility index (Phi) is 5.20. The van der Waals surface area contributed by atoms with Gasteiger partial charge in [-0.15, -0.1) is 0 Å². The highest BCUT2D eigenvalue weighted by Gasteiger charge is 2.62. The van der Waals surface area contributed by atoms with E-state index in [1.165, 1.54) is 24.3 Å². The van der Waals surface area contributed by atoms with Crippen LogP contribution < -0.4 is 0 Å². The minimum Gasteiger partial charge on any atom is -0.377 e. The third-order valence-electron chi connectivity index (χ3n) is 5.45. The molecule has 0 radical (unpaired) electrons. The molecule has 0 saturated heterocycles. The fourth-order valence-electron chi connectivity index (χ4n) is 3.40. The average molecular weight is 440 g/mol. The number of aryl methyl sites for hydroxylation is 1. The first kappa shape index (κ1) is 21.5. The Balaban J connectivity index is 1.21. The number of alkyl halides is 6. The normalized spacial score (nSPS) is 24.5. The first-order valence-corrected chi connectivity index (χ1v) is 9.60. The summed E-state index contributed by atoms with van der Waals surface area (Å²) in [5.41, 5.74) is -2.52. The predicted molar refractivity (Wildman–Crippen MR) is 103 cm³/mol. The number of nitrogens with zero attached hydrogens (tertiary/aromatic N) is 2. The van der Waals surface area contributed by atoms with E-state index in [4.69, 9.17) is 4.74 Å². The number of aliphatic imine (C=N–C) groups is 2. The predicted octanol–water partition coefficient (Wildman–Crippen LogP) is 5.52. The SMILES string of the molecule is FC(F)(F)C1(c2ccc(CCCOCc3ccc(C4(C(F)(F)F)C=N4)cc3)cc2)C=N1. The summed E-state index contributed by atoms with van der Waals surface area (Å²) >= 11 is 0. The average Bonchev–Trinajstić information content (AvgIpc) is 3.61. The van der Waals surface area contributed by atoms with Gasteiger partial charge in [0.1, 0.15) is 0 Å². The first-order valence-electron chi connectivity index (χ1n) is 9.60. The van der Waals surface area contributed by atoms with Gasteiger partial charge in [-0.05, 0) is 35.1 Å². The van der Waals surface area contributed by atoms with Crippen LogP contribution in [-0.4, -0.2) is 31.4 Å². The van der Waals surface area contributed by atoms with Crippen molar-refractivity contribution in [3.05, 3.63) is 70.8 Å². The Labute approximate surface area is 174 Å². The molecule has 0 saturated carbocycles. The highest BCUT2D eigenvalue weighted by atomic mass is 19.4. The minimum atomic E-state index is -4.44.